The van der Waals surface area contributed by atoms with Gasteiger partial charge in [-0.15, -0.1) is 4.99 Å². The standard InChI is InChI=1S/C19H26FN3O5/c1-18(2,3)28-17(26)21-16-22-19(13-9-11(24)5-6-14(13)20)10-27-8-7-12(19)15(25)23(16)4/h6,9,11-12,24H,5,7-8,10H2,1-4H3,(H,21,22,26)/t11?,12-,19?/m0/s1. The number of aliphatic hydroxyl groups excluding tert-OH is 1. The van der Waals surface area contributed by atoms with E-state index in [2.05, 4.69) is 10.3 Å². The minimum absolute atomic E-state index is 0.00436. The lowest BCUT2D eigenvalue weighted by molar-refractivity contribution is -0.140. The molecular formula is C19H26FN3O5. The van der Waals surface area contributed by atoms with Crippen LogP contribution in [0, 0.1) is 5.92 Å². The SMILES string of the molecule is CN1C(=O)[C@@H]2CCOCC2(C2=CC(O)CC=C2F)NC1=NC(=O)OC(C)(C)C. The number of amides is 2. The van der Waals surface area contributed by atoms with Crippen molar-refractivity contribution in [1.82, 2.24) is 10.2 Å². The van der Waals surface area contributed by atoms with Gasteiger partial charge in [0.15, 0.2) is 0 Å². The van der Waals surface area contributed by atoms with E-state index in [4.69, 9.17) is 9.47 Å². The Bertz CT molecular complexity index is 770. The zero-order valence-electron chi connectivity index (χ0n) is 16.5. The van der Waals surface area contributed by atoms with E-state index in [1.54, 1.807) is 20.8 Å². The van der Waals surface area contributed by atoms with Gasteiger partial charge in [0, 0.05) is 19.2 Å². The third kappa shape index (κ3) is 3.81. The van der Waals surface area contributed by atoms with Gasteiger partial charge in [0.1, 0.15) is 17.0 Å². The average molecular weight is 395 g/mol. The number of rotatable bonds is 1. The molecule has 3 aliphatic rings. The van der Waals surface area contributed by atoms with E-state index in [0.29, 0.717) is 13.0 Å². The zero-order valence-corrected chi connectivity index (χ0v) is 16.5. The van der Waals surface area contributed by atoms with Crippen molar-refractivity contribution in [3.8, 4) is 0 Å². The van der Waals surface area contributed by atoms with Gasteiger partial charge in [-0.05, 0) is 45.8 Å². The second kappa shape index (κ2) is 7.29. The summed E-state index contributed by atoms with van der Waals surface area (Å²) in [6, 6.07) is 0. The Morgan fingerprint density at radius 1 is 1.50 bits per heavy atom. The predicted molar refractivity (Wildman–Crippen MR) is 99.1 cm³/mol. The van der Waals surface area contributed by atoms with E-state index >= 15 is 0 Å². The second-order valence-corrected chi connectivity index (χ2v) is 8.24. The Hall–Kier alpha value is -2.26. The van der Waals surface area contributed by atoms with Crippen molar-refractivity contribution in [2.24, 2.45) is 10.9 Å². The number of aliphatic hydroxyl groups is 1. The van der Waals surface area contributed by atoms with Gasteiger partial charge in [0.2, 0.25) is 11.9 Å². The molecule has 2 amide bonds. The van der Waals surface area contributed by atoms with Gasteiger partial charge in [0.05, 0.1) is 18.6 Å². The smallest absolute Gasteiger partial charge is 0.437 e. The maximum atomic E-state index is 14.7. The Kier molecular flexibility index (Phi) is 5.33. The van der Waals surface area contributed by atoms with Crippen LogP contribution in [0.2, 0.25) is 0 Å². The molecule has 28 heavy (non-hydrogen) atoms. The van der Waals surface area contributed by atoms with E-state index in [-0.39, 0.29) is 30.5 Å². The summed E-state index contributed by atoms with van der Waals surface area (Å²) < 4.78 is 25.5. The third-order valence-corrected chi connectivity index (χ3v) is 4.98. The molecule has 1 aliphatic carbocycles. The molecule has 2 aliphatic heterocycles. The fourth-order valence-electron chi connectivity index (χ4n) is 3.70. The number of fused-ring (bicyclic) bond motifs is 1. The van der Waals surface area contributed by atoms with Crippen molar-refractivity contribution in [1.29, 1.82) is 0 Å². The molecule has 9 heteroatoms. The third-order valence-electron chi connectivity index (χ3n) is 4.98. The summed E-state index contributed by atoms with van der Waals surface area (Å²) in [5.74, 6) is -1.50. The van der Waals surface area contributed by atoms with Crippen molar-refractivity contribution in [3.63, 3.8) is 0 Å². The molecule has 0 aromatic rings. The minimum atomic E-state index is -1.26. The lowest BCUT2D eigenvalue weighted by Crippen LogP contribution is -2.71. The molecular weight excluding hydrogens is 369 g/mol. The summed E-state index contributed by atoms with van der Waals surface area (Å²) >= 11 is 0. The molecule has 3 atom stereocenters. The molecule has 8 nitrogen and oxygen atoms in total. The Labute approximate surface area is 163 Å². The number of hydrogen-bond donors (Lipinski definition) is 2. The minimum Gasteiger partial charge on any atom is -0.442 e. The topological polar surface area (TPSA) is 100 Å². The van der Waals surface area contributed by atoms with Crippen LogP contribution < -0.4 is 5.32 Å². The van der Waals surface area contributed by atoms with Crippen molar-refractivity contribution in [2.45, 2.75) is 50.9 Å². The number of ether oxygens (including phenoxy) is 2. The Morgan fingerprint density at radius 2 is 2.21 bits per heavy atom. The van der Waals surface area contributed by atoms with E-state index in [1.165, 1.54) is 24.1 Å². The number of guanidine groups is 1. The highest BCUT2D eigenvalue weighted by Gasteiger charge is 2.55. The highest BCUT2D eigenvalue weighted by molar-refractivity contribution is 6.05. The molecule has 0 aromatic heterocycles. The molecule has 2 unspecified atom stereocenters. The second-order valence-electron chi connectivity index (χ2n) is 8.24. The summed E-state index contributed by atoms with van der Waals surface area (Å²) in [6.45, 7) is 5.47. The number of hydrogen-bond acceptors (Lipinski definition) is 5. The van der Waals surface area contributed by atoms with Crippen LogP contribution in [0.4, 0.5) is 9.18 Å². The first-order valence-corrected chi connectivity index (χ1v) is 9.25. The van der Waals surface area contributed by atoms with E-state index in [0.717, 1.165) is 0 Å². The molecule has 0 aromatic carbocycles. The largest absolute Gasteiger partial charge is 0.442 e. The van der Waals surface area contributed by atoms with Gasteiger partial charge < -0.3 is 19.9 Å². The maximum absolute atomic E-state index is 14.7. The molecule has 2 N–H and O–H groups in total. The van der Waals surface area contributed by atoms with Crippen molar-refractivity contribution >= 4 is 18.0 Å². The number of halogens is 1. The molecule has 2 saturated heterocycles. The van der Waals surface area contributed by atoms with Crippen LogP contribution in [-0.4, -0.2) is 65.5 Å². The van der Waals surface area contributed by atoms with Crippen LogP contribution in [0.1, 0.15) is 33.6 Å². The van der Waals surface area contributed by atoms with E-state index in [1.807, 2.05) is 0 Å². The number of aliphatic imine (C=N–C) groups is 1. The van der Waals surface area contributed by atoms with Crippen LogP contribution in [0.3, 0.4) is 0 Å². The summed E-state index contributed by atoms with van der Waals surface area (Å²) in [4.78, 5) is 30.3. The Balaban J connectivity index is 2.02. The van der Waals surface area contributed by atoms with Crippen molar-refractivity contribution < 1.29 is 28.6 Å². The zero-order chi connectivity index (χ0) is 20.7. The first-order chi connectivity index (χ1) is 13.0. The number of nitrogens with one attached hydrogen (secondary N) is 1. The van der Waals surface area contributed by atoms with E-state index in [9.17, 15) is 19.1 Å². The molecule has 2 heterocycles. The van der Waals surface area contributed by atoms with Crippen LogP contribution >= 0.6 is 0 Å². The van der Waals surface area contributed by atoms with Crippen molar-refractivity contribution in [3.05, 3.63) is 23.6 Å². The molecule has 0 radical (unpaired) electrons. The van der Waals surface area contributed by atoms with Crippen LogP contribution in [0.5, 0.6) is 0 Å². The number of carbonyl (C=O) groups is 2. The van der Waals surface area contributed by atoms with Gasteiger partial charge in [0.25, 0.3) is 0 Å². The van der Waals surface area contributed by atoms with Gasteiger partial charge in [-0.2, -0.15) is 0 Å². The van der Waals surface area contributed by atoms with Crippen LogP contribution in [0.15, 0.2) is 28.5 Å². The summed E-state index contributed by atoms with van der Waals surface area (Å²) in [7, 11) is 1.49. The summed E-state index contributed by atoms with van der Waals surface area (Å²) in [6.07, 6.45) is 1.48. The predicted octanol–water partition coefficient (Wildman–Crippen LogP) is 1.66. The van der Waals surface area contributed by atoms with Gasteiger partial charge in [-0.1, -0.05) is 0 Å². The van der Waals surface area contributed by atoms with Crippen LogP contribution in [0.25, 0.3) is 0 Å². The summed E-state index contributed by atoms with van der Waals surface area (Å²) in [5.41, 5.74) is -1.86. The fourth-order valence-corrected chi connectivity index (χ4v) is 3.70. The normalized spacial score (nSPS) is 32.3. The highest BCUT2D eigenvalue weighted by atomic mass is 19.1. The van der Waals surface area contributed by atoms with Crippen molar-refractivity contribution in [2.75, 3.05) is 20.3 Å². The summed E-state index contributed by atoms with van der Waals surface area (Å²) in [5, 5.41) is 13.1. The fraction of sp³-hybridized carbons (Fsp3) is 0.632. The van der Waals surface area contributed by atoms with E-state index < -0.39 is 35.1 Å². The molecule has 3 rings (SSSR count). The molecule has 0 saturated carbocycles. The average Bonchev–Trinajstić information content (AvgIpc) is 2.60. The molecule has 0 bridgehead atoms. The Morgan fingerprint density at radius 3 is 2.89 bits per heavy atom. The molecule has 0 spiro atoms. The lowest BCUT2D eigenvalue weighted by Gasteiger charge is -2.50. The van der Waals surface area contributed by atoms with Gasteiger partial charge in [-0.3, -0.25) is 9.69 Å². The first-order valence-electron chi connectivity index (χ1n) is 9.25. The van der Waals surface area contributed by atoms with Gasteiger partial charge in [-0.25, -0.2) is 9.18 Å². The number of nitrogens with zero attached hydrogens (tertiary/aromatic N) is 2. The highest BCUT2D eigenvalue weighted by Crippen LogP contribution is 2.41. The number of carbonyl (C=O) groups excluding carboxylic acids is 2. The lowest BCUT2D eigenvalue weighted by atomic mass is 9.71. The monoisotopic (exact) mass is 395 g/mol. The molecule has 2 fully saturated rings. The van der Waals surface area contributed by atoms with Crippen LogP contribution in [-0.2, 0) is 14.3 Å². The first kappa shape index (κ1) is 20.5. The maximum Gasteiger partial charge on any atom is 0.437 e. The molecule has 154 valence electrons. The quantitative estimate of drug-likeness (QED) is 0.700. The van der Waals surface area contributed by atoms with Gasteiger partial charge >= 0.3 is 6.09 Å².